The molecule has 0 unspecified atom stereocenters. The van der Waals surface area contributed by atoms with Crippen LogP contribution in [-0.2, 0) is 14.3 Å². The molecule has 0 aromatic heterocycles. The van der Waals surface area contributed by atoms with Crippen molar-refractivity contribution in [2.75, 3.05) is 20.3 Å². The lowest BCUT2D eigenvalue weighted by atomic mass is 10.2. The first-order chi connectivity index (χ1) is 9.56. The number of carbonyl (C=O) groups excluding carboxylic acids is 3. The number of nitrogens with one attached hydrogen (secondary N) is 1. The first-order valence-electron chi connectivity index (χ1n) is 5.84. The topological polar surface area (TPSA) is 90.9 Å². The third kappa shape index (κ3) is 4.97. The van der Waals surface area contributed by atoms with Crippen molar-refractivity contribution in [2.24, 2.45) is 0 Å². The van der Waals surface area contributed by atoms with Crippen molar-refractivity contribution in [1.82, 2.24) is 5.32 Å². The molecule has 7 heteroatoms. The number of carbonyl (C=O) groups is 3. The highest BCUT2D eigenvalue weighted by Gasteiger charge is 2.13. The van der Waals surface area contributed by atoms with E-state index < -0.39 is 24.6 Å². The fraction of sp³-hybridized carbons (Fsp3) is 0.308. The third-order valence-electron chi connectivity index (χ3n) is 2.16. The van der Waals surface area contributed by atoms with Gasteiger partial charge in [0.2, 0.25) is 0 Å². The summed E-state index contributed by atoms with van der Waals surface area (Å²) in [6.45, 7) is 1.17. The predicted molar refractivity (Wildman–Crippen MR) is 68.4 cm³/mol. The number of esters is 1. The van der Waals surface area contributed by atoms with Crippen molar-refractivity contribution < 1.29 is 28.6 Å². The van der Waals surface area contributed by atoms with Crippen LogP contribution in [0, 0.1) is 0 Å². The zero-order chi connectivity index (χ0) is 15.0. The van der Waals surface area contributed by atoms with E-state index in [0.29, 0.717) is 5.75 Å². The summed E-state index contributed by atoms with van der Waals surface area (Å²) in [6, 6.07) is 6.29. The van der Waals surface area contributed by atoms with Crippen LogP contribution in [0.15, 0.2) is 24.3 Å². The maximum Gasteiger partial charge on any atom is 0.413 e. The molecule has 2 amide bonds. The van der Waals surface area contributed by atoms with Gasteiger partial charge in [-0.1, -0.05) is 6.07 Å². The summed E-state index contributed by atoms with van der Waals surface area (Å²) < 4.78 is 14.2. The van der Waals surface area contributed by atoms with Gasteiger partial charge in [0.15, 0.2) is 6.61 Å². The predicted octanol–water partition coefficient (Wildman–Crippen LogP) is 1.12. The van der Waals surface area contributed by atoms with E-state index >= 15 is 0 Å². The second kappa shape index (κ2) is 7.78. The van der Waals surface area contributed by atoms with Crippen LogP contribution >= 0.6 is 0 Å². The first-order valence-corrected chi connectivity index (χ1v) is 5.84. The largest absolute Gasteiger partial charge is 0.497 e. The molecule has 0 aliphatic carbocycles. The molecule has 1 aromatic carbocycles. The lowest BCUT2D eigenvalue weighted by Crippen LogP contribution is -2.34. The van der Waals surface area contributed by atoms with Crippen molar-refractivity contribution >= 4 is 18.0 Å². The molecule has 108 valence electrons. The maximum atomic E-state index is 11.7. The fourth-order valence-corrected chi connectivity index (χ4v) is 1.28. The van der Waals surface area contributed by atoms with Crippen LogP contribution in [0.3, 0.4) is 0 Å². The minimum absolute atomic E-state index is 0.142. The van der Waals surface area contributed by atoms with Crippen molar-refractivity contribution in [2.45, 2.75) is 6.92 Å². The molecule has 0 bridgehead atoms. The van der Waals surface area contributed by atoms with E-state index in [4.69, 9.17) is 9.47 Å². The average Bonchev–Trinajstić information content (AvgIpc) is 2.45. The standard InChI is InChI=1S/C13H15NO6/c1-3-19-13(17)14-11(15)8-20-12(16)9-5-4-6-10(7-9)18-2/h4-7H,3,8H2,1-2H3,(H,14,15,17). The molecule has 0 saturated carbocycles. The lowest BCUT2D eigenvalue weighted by molar-refractivity contribution is -0.123. The number of benzene rings is 1. The van der Waals surface area contributed by atoms with Gasteiger partial charge < -0.3 is 14.2 Å². The van der Waals surface area contributed by atoms with E-state index in [9.17, 15) is 14.4 Å². The molecule has 1 rings (SSSR count). The molecule has 0 aliphatic heterocycles. The Morgan fingerprint density at radius 2 is 1.95 bits per heavy atom. The van der Waals surface area contributed by atoms with Crippen LogP contribution in [-0.4, -0.2) is 38.3 Å². The van der Waals surface area contributed by atoms with E-state index in [2.05, 4.69) is 4.74 Å². The van der Waals surface area contributed by atoms with Gasteiger partial charge in [0.25, 0.3) is 5.91 Å². The highest BCUT2D eigenvalue weighted by atomic mass is 16.6. The summed E-state index contributed by atoms with van der Waals surface area (Å²) in [6.07, 6.45) is -0.880. The number of ether oxygens (including phenoxy) is 3. The number of hydrogen-bond acceptors (Lipinski definition) is 6. The van der Waals surface area contributed by atoms with Crippen LogP contribution in [0.4, 0.5) is 4.79 Å². The summed E-state index contributed by atoms with van der Waals surface area (Å²) in [7, 11) is 1.47. The number of imide groups is 1. The number of alkyl carbamates (subject to hydrolysis) is 1. The Bertz CT molecular complexity index is 499. The van der Waals surface area contributed by atoms with Crippen molar-refractivity contribution in [3.63, 3.8) is 0 Å². The highest BCUT2D eigenvalue weighted by molar-refractivity contribution is 5.95. The van der Waals surface area contributed by atoms with Gasteiger partial charge in [0.05, 0.1) is 19.3 Å². The number of amides is 2. The number of rotatable bonds is 5. The Morgan fingerprint density at radius 1 is 1.20 bits per heavy atom. The summed E-state index contributed by atoms with van der Waals surface area (Å²) in [4.78, 5) is 33.9. The Balaban J connectivity index is 2.46. The average molecular weight is 281 g/mol. The maximum absolute atomic E-state index is 11.7. The zero-order valence-corrected chi connectivity index (χ0v) is 11.2. The molecule has 1 N–H and O–H groups in total. The molecule has 0 fully saturated rings. The molecule has 20 heavy (non-hydrogen) atoms. The lowest BCUT2D eigenvalue weighted by Gasteiger charge is -2.06. The van der Waals surface area contributed by atoms with Gasteiger partial charge in [-0.25, -0.2) is 9.59 Å². The molecule has 0 saturated heterocycles. The minimum atomic E-state index is -0.880. The van der Waals surface area contributed by atoms with Gasteiger partial charge in [0.1, 0.15) is 5.75 Å². The Kier molecular flexibility index (Phi) is 6.02. The van der Waals surface area contributed by atoms with Gasteiger partial charge in [-0.3, -0.25) is 10.1 Å². The highest BCUT2D eigenvalue weighted by Crippen LogP contribution is 2.13. The Labute approximate surface area is 115 Å². The molecule has 0 aliphatic rings. The van der Waals surface area contributed by atoms with E-state index in [1.54, 1.807) is 19.1 Å². The van der Waals surface area contributed by atoms with E-state index in [-0.39, 0.29) is 12.2 Å². The second-order valence-electron chi connectivity index (χ2n) is 3.58. The van der Waals surface area contributed by atoms with Gasteiger partial charge in [0, 0.05) is 0 Å². The van der Waals surface area contributed by atoms with Crippen LogP contribution in [0.25, 0.3) is 0 Å². The van der Waals surface area contributed by atoms with Crippen molar-refractivity contribution in [3.8, 4) is 5.75 Å². The molecule has 0 heterocycles. The van der Waals surface area contributed by atoms with Gasteiger partial charge >= 0.3 is 12.1 Å². The fourth-order valence-electron chi connectivity index (χ4n) is 1.28. The van der Waals surface area contributed by atoms with Crippen LogP contribution in [0.1, 0.15) is 17.3 Å². The van der Waals surface area contributed by atoms with Crippen molar-refractivity contribution in [1.29, 1.82) is 0 Å². The smallest absolute Gasteiger partial charge is 0.413 e. The summed E-state index contributed by atoms with van der Waals surface area (Å²) in [5, 5.41) is 1.91. The van der Waals surface area contributed by atoms with Gasteiger partial charge in [-0.15, -0.1) is 0 Å². The van der Waals surface area contributed by atoms with Crippen LogP contribution < -0.4 is 10.1 Å². The van der Waals surface area contributed by atoms with E-state index in [1.165, 1.54) is 19.2 Å². The molecule has 0 radical (unpaired) electrons. The van der Waals surface area contributed by atoms with E-state index in [0.717, 1.165) is 0 Å². The second-order valence-corrected chi connectivity index (χ2v) is 3.58. The summed E-state index contributed by atoms with van der Waals surface area (Å²) in [5.74, 6) is -0.960. The normalized spacial score (nSPS) is 9.50. The van der Waals surface area contributed by atoms with E-state index in [1.807, 2.05) is 5.32 Å². The number of hydrogen-bond donors (Lipinski definition) is 1. The minimum Gasteiger partial charge on any atom is -0.497 e. The SMILES string of the molecule is CCOC(=O)NC(=O)COC(=O)c1cccc(OC)c1. The first kappa shape index (κ1) is 15.5. The molecule has 0 atom stereocenters. The summed E-state index contributed by atoms with van der Waals surface area (Å²) >= 11 is 0. The molecular formula is C13H15NO6. The van der Waals surface area contributed by atoms with Crippen LogP contribution in [0.5, 0.6) is 5.75 Å². The molecule has 0 spiro atoms. The monoisotopic (exact) mass is 281 g/mol. The van der Waals surface area contributed by atoms with Crippen molar-refractivity contribution in [3.05, 3.63) is 29.8 Å². The van der Waals surface area contributed by atoms with Gasteiger partial charge in [-0.2, -0.15) is 0 Å². The summed E-state index contributed by atoms with van der Waals surface area (Å²) in [5.41, 5.74) is 0.244. The third-order valence-corrected chi connectivity index (χ3v) is 2.16. The molecule has 1 aromatic rings. The zero-order valence-electron chi connectivity index (χ0n) is 11.2. The quantitative estimate of drug-likeness (QED) is 0.813. The Hall–Kier alpha value is -2.57. The molecule has 7 nitrogen and oxygen atoms in total. The Morgan fingerprint density at radius 3 is 2.60 bits per heavy atom. The van der Waals surface area contributed by atoms with Crippen LogP contribution in [0.2, 0.25) is 0 Å². The number of methoxy groups -OCH3 is 1. The van der Waals surface area contributed by atoms with Gasteiger partial charge in [-0.05, 0) is 25.1 Å². The molecular weight excluding hydrogens is 266 g/mol.